The number of rotatable bonds is 0. The molecule has 0 saturated carbocycles. The fraction of sp³-hybridized carbons (Fsp3) is 0.333. The van der Waals surface area contributed by atoms with Crippen LogP contribution in [-0.2, 0) is 11.3 Å². The predicted molar refractivity (Wildman–Crippen MR) is 49.7 cm³/mol. The molecule has 0 amide bonds. The molecule has 0 bridgehead atoms. The van der Waals surface area contributed by atoms with Gasteiger partial charge in [-0.25, -0.2) is 0 Å². The van der Waals surface area contributed by atoms with E-state index < -0.39 is 0 Å². The van der Waals surface area contributed by atoms with Crippen molar-refractivity contribution in [3.8, 4) is 0 Å². The second kappa shape index (κ2) is 3.25. The molecule has 0 aliphatic carbocycles. The summed E-state index contributed by atoms with van der Waals surface area (Å²) in [6, 6.07) is 5.74. The Hall–Kier alpha value is -0.240. The van der Waals surface area contributed by atoms with Gasteiger partial charge in [-0.1, -0.05) is 17.7 Å². The van der Waals surface area contributed by atoms with E-state index in [2.05, 4.69) is 0 Å². The molecule has 1 heterocycles. The minimum Gasteiger partial charge on any atom is -0.375 e. The topological polar surface area (TPSA) is 9.23 Å². The van der Waals surface area contributed by atoms with Gasteiger partial charge in [0, 0.05) is 5.02 Å². The Labute approximate surface area is 81.2 Å². The monoisotopic (exact) mass is 202 g/mol. The summed E-state index contributed by atoms with van der Waals surface area (Å²) in [5.74, 6) is 0. The van der Waals surface area contributed by atoms with E-state index in [0.29, 0.717) is 13.2 Å². The highest BCUT2D eigenvalue weighted by atomic mass is 35.5. The normalized spacial score (nSPS) is 22.0. The van der Waals surface area contributed by atoms with Gasteiger partial charge in [0.15, 0.2) is 0 Å². The molecule has 0 N–H and O–H groups in total. The van der Waals surface area contributed by atoms with Gasteiger partial charge in [-0.3, -0.25) is 0 Å². The highest BCUT2D eigenvalue weighted by Crippen LogP contribution is 2.31. The van der Waals surface area contributed by atoms with Crippen molar-refractivity contribution < 1.29 is 4.74 Å². The zero-order valence-corrected chi connectivity index (χ0v) is 7.90. The first kappa shape index (κ1) is 8.36. The van der Waals surface area contributed by atoms with E-state index in [9.17, 15) is 0 Å². The summed E-state index contributed by atoms with van der Waals surface area (Å²) in [6.45, 7) is 1.22. The van der Waals surface area contributed by atoms with Crippen molar-refractivity contribution in [1.82, 2.24) is 0 Å². The summed E-state index contributed by atoms with van der Waals surface area (Å²) >= 11 is 11.9. The summed E-state index contributed by atoms with van der Waals surface area (Å²) in [4.78, 5) is 0. The van der Waals surface area contributed by atoms with Crippen LogP contribution in [0.1, 0.15) is 16.5 Å². The van der Waals surface area contributed by atoms with Gasteiger partial charge in [0.1, 0.15) is 0 Å². The van der Waals surface area contributed by atoms with E-state index in [1.165, 1.54) is 0 Å². The molecular formula is C9H8Cl2O. The molecule has 0 fully saturated rings. The van der Waals surface area contributed by atoms with E-state index in [-0.39, 0.29) is 5.38 Å². The number of benzene rings is 1. The third-order valence-electron chi connectivity index (χ3n) is 1.96. The number of ether oxygens (including phenoxy) is 1. The molecule has 0 aromatic heterocycles. The van der Waals surface area contributed by atoms with Crippen LogP contribution in [0, 0.1) is 0 Å². The SMILES string of the molecule is Clc1ccc2c(c1)COCC2Cl. The highest BCUT2D eigenvalue weighted by molar-refractivity contribution is 6.30. The number of alkyl halides is 1. The van der Waals surface area contributed by atoms with Crippen molar-refractivity contribution >= 4 is 23.2 Å². The van der Waals surface area contributed by atoms with Gasteiger partial charge in [0.05, 0.1) is 18.6 Å². The van der Waals surface area contributed by atoms with Crippen LogP contribution in [-0.4, -0.2) is 6.61 Å². The van der Waals surface area contributed by atoms with Crippen molar-refractivity contribution in [2.45, 2.75) is 12.0 Å². The Kier molecular flexibility index (Phi) is 2.26. The molecule has 3 heteroatoms. The molecule has 1 nitrogen and oxygen atoms in total. The second-order valence-electron chi connectivity index (χ2n) is 2.83. The van der Waals surface area contributed by atoms with Crippen molar-refractivity contribution in [2.24, 2.45) is 0 Å². The van der Waals surface area contributed by atoms with Gasteiger partial charge in [-0.2, -0.15) is 0 Å². The van der Waals surface area contributed by atoms with Crippen LogP contribution in [0.3, 0.4) is 0 Å². The number of hydrogen-bond acceptors (Lipinski definition) is 1. The zero-order chi connectivity index (χ0) is 8.55. The largest absolute Gasteiger partial charge is 0.375 e. The fourth-order valence-electron chi connectivity index (χ4n) is 1.37. The van der Waals surface area contributed by atoms with Crippen molar-refractivity contribution in [1.29, 1.82) is 0 Å². The maximum absolute atomic E-state index is 6.03. The molecule has 12 heavy (non-hydrogen) atoms. The van der Waals surface area contributed by atoms with Gasteiger partial charge in [-0.15, -0.1) is 11.6 Å². The third-order valence-corrected chi connectivity index (χ3v) is 2.56. The van der Waals surface area contributed by atoms with Gasteiger partial charge >= 0.3 is 0 Å². The van der Waals surface area contributed by atoms with Crippen LogP contribution < -0.4 is 0 Å². The molecule has 2 rings (SSSR count). The third kappa shape index (κ3) is 1.45. The second-order valence-corrected chi connectivity index (χ2v) is 3.79. The maximum Gasteiger partial charge on any atom is 0.0822 e. The Morgan fingerprint density at radius 3 is 3.08 bits per heavy atom. The van der Waals surface area contributed by atoms with Gasteiger partial charge in [0.2, 0.25) is 0 Å². The van der Waals surface area contributed by atoms with E-state index in [1.807, 2.05) is 18.2 Å². The van der Waals surface area contributed by atoms with Crippen molar-refractivity contribution in [3.05, 3.63) is 34.3 Å². The molecule has 1 unspecified atom stereocenters. The first-order valence-electron chi connectivity index (χ1n) is 3.77. The molecule has 0 saturated heterocycles. The molecule has 1 aromatic carbocycles. The summed E-state index contributed by atoms with van der Waals surface area (Å²) in [6.07, 6.45) is 0. The number of fused-ring (bicyclic) bond motifs is 1. The van der Waals surface area contributed by atoms with Crippen LogP contribution in [0.2, 0.25) is 5.02 Å². The maximum atomic E-state index is 6.03. The lowest BCUT2D eigenvalue weighted by molar-refractivity contribution is 0.107. The first-order chi connectivity index (χ1) is 5.77. The van der Waals surface area contributed by atoms with Gasteiger partial charge in [0.25, 0.3) is 0 Å². The zero-order valence-electron chi connectivity index (χ0n) is 6.39. The molecule has 1 atom stereocenters. The minimum atomic E-state index is -0.0222. The number of hydrogen-bond donors (Lipinski definition) is 0. The van der Waals surface area contributed by atoms with E-state index in [4.69, 9.17) is 27.9 Å². The number of halogens is 2. The molecule has 0 radical (unpaired) electrons. The average Bonchev–Trinajstić information content (AvgIpc) is 2.04. The average molecular weight is 203 g/mol. The van der Waals surface area contributed by atoms with E-state index in [0.717, 1.165) is 16.1 Å². The molecule has 64 valence electrons. The summed E-state index contributed by atoms with van der Waals surface area (Å²) < 4.78 is 5.27. The van der Waals surface area contributed by atoms with Gasteiger partial charge in [-0.05, 0) is 23.3 Å². The summed E-state index contributed by atoms with van der Waals surface area (Å²) in [5.41, 5.74) is 2.25. The van der Waals surface area contributed by atoms with Crippen molar-refractivity contribution in [2.75, 3.05) is 6.61 Å². The molecule has 1 aliphatic rings. The van der Waals surface area contributed by atoms with Crippen molar-refractivity contribution in [3.63, 3.8) is 0 Å². The molecular weight excluding hydrogens is 195 g/mol. The summed E-state index contributed by atoms with van der Waals surface area (Å²) in [7, 11) is 0. The Morgan fingerprint density at radius 1 is 1.42 bits per heavy atom. The van der Waals surface area contributed by atoms with Crippen LogP contribution in [0.4, 0.5) is 0 Å². The van der Waals surface area contributed by atoms with Crippen LogP contribution in [0.15, 0.2) is 18.2 Å². The molecule has 1 aromatic rings. The fourth-order valence-corrected chi connectivity index (χ4v) is 1.86. The van der Waals surface area contributed by atoms with Crippen LogP contribution >= 0.6 is 23.2 Å². The van der Waals surface area contributed by atoms with Gasteiger partial charge < -0.3 is 4.74 Å². The van der Waals surface area contributed by atoms with E-state index >= 15 is 0 Å². The van der Waals surface area contributed by atoms with Crippen LogP contribution in [0.5, 0.6) is 0 Å². The lowest BCUT2D eigenvalue weighted by Gasteiger charge is -2.20. The quantitative estimate of drug-likeness (QED) is 0.588. The molecule has 1 aliphatic heterocycles. The Bertz CT molecular complexity index is 299. The first-order valence-corrected chi connectivity index (χ1v) is 4.59. The van der Waals surface area contributed by atoms with E-state index in [1.54, 1.807) is 0 Å². The lowest BCUT2D eigenvalue weighted by atomic mass is 10.0. The lowest BCUT2D eigenvalue weighted by Crippen LogP contribution is -2.12. The summed E-state index contributed by atoms with van der Waals surface area (Å²) in [5, 5.41) is 0.717. The van der Waals surface area contributed by atoms with Crippen LogP contribution in [0.25, 0.3) is 0 Å². The predicted octanol–water partition coefficient (Wildman–Crippen LogP) is 3.15. The minimum absolute atomic E-state index is 0.0222. The smallest absolute Gasteiger partial charge is 0.0822 e. The standard InChI is InChI=1S/C9H8Cl2O/c10-7-1-2-8-6(3-7)4-12-5-9(8)11/h1-3,9H,4-5H2. The molecule has 0 spiro atoms. The Morgan fingerprint density at radius 2 is 2.25 bits per heavy atom. The Balaban J connectivity index is 2.46. The highest BCUT2D eigenvalue weighted by Gasteiger charge is 2.17.